The second kappa shape index (κ2) is 13.1. The monoisotopic (exact) mass is 779 g/mol. The maximum absolute atomic E-state index is 6.13. The lowest BCUT2D eigenvalue weighted by Gasteiger charge is -2.12. The van der Waals surface area contributed by atoms with E-state index < -0.39 is 0 Å². The number of furan rings is 1. The van der Waals surface area contributed by atoms with Gasteiger partial charge in [0.15, 0.2) is 11.4 Å². The van der Waals surface area contributed by atoms with Crippen molar-refractivity contribution in [3.05, 3.63) is 200 Å². The molecule has 8 aromatic carbocycles. The summed E-state index contributed by atoms with van der Waals surface area (Å²) in [6.07, 6.45) is 1.82. The van der Waals surface area contributed by atoms with Crippen molar-refractivity contribution in [3.63, 3.8) is 0 Å². The van der Waals surface area contributed by atoms with Crippen LogP contribution < -0.4 is 0 Å². The van der Waals surface area contributed by atoms with Crippen LogP contribution in [0.1, 0.15) is 0 Å². The molecule has 0 aliphatic heterocycles. The first-order valence-corrected chi connectivity index (χ1v) is 20.5. The molecule has 0 N–H and O–H groups in total. The van der Waals surface area contributed by atoms with Gasteiger partial charge in [0.2, 0.25) is 0 Å². The van der Waals surface area contributed by atoms with Gasteiger partial charge in [-0.2, -0.15) is 0 Å². The van der Waals surface area contributed by atoms with Crippen LogP contribution in [0.5, 0.6) is 0 Å². The van der Waals surface area contributed by atoms with Crippen molar-refractivity contribution in [2.45, 2.75) is 0 Å². The van der Waals surface area contributed by atoms with E-state index in [0.29, 0.717) is 5.82 Å². The molecule has 13 rings (SSSR count). The van der Waals surface area contributed by atoms with Gasteiger partial charge in [0, 0.05) is 61.0 Å². The van der Waals surface area contributed by atoms with Gasteiger partial charge in [-0.25, -0.2) is 9.97 Å². The van der Waals surface area contributed by atoms with Crippen molar-refractivity contribution in [1.82, 2.24) is 24.1 Å². The van der Waals surface area contributed by atoms with E-state index in [-0.39, 0.29) is 0 Å². The average molecular weight is 780 g/mol. The highest BCUT2D eigenvalue weighted by Crippen LogP contribution is 2.40. The molecule has 0 atom stereocenters. The zero-order chi connectivity index (χ0) is 40.0. The predicted molar refractivity (Wildman–Crippen MR) is 250 cm³/mol. The van der Waals surface area contributed by atoms with E-state index in [1.165, 1.54) is 21.5 Å². The molecule has 0 saturated heterocycles. The number of para-hydroxylation sites is 3. The molecule has 0 amide bonds. The van der Waals surface area contributed by atoms with Crippen molar-refractivity contribution in [2.24, 2.45) is 0 Å². The molecule has 61 heavy (non-hydrogen) atoms. The van der Waals surface area contributed by atoms with Gasteiger partial charge in [-0.3, -0.25) is 4.98 Å². The van der Waals surface area contributed by atoms with Gasteiger partial charge in [0.25, 0.3) is 0 Å². The van der Waals surface area contributed by atoms with Crippen LogP contribution in [0.4, 0.5) is 0 Å². The van der Waals surface area contributed by atoms with Crippen LogP contribution in [-0.2, 0) is 0 Å². The number of benzene rings is 8. The minimum atomic E-state index is 0.697. The van der Waals surface area contributed by atoms with Gasteiger partial charge >= 0.3 is 0 Å². The second-order valence-electron chi connectivity index (χ2n) is 15.6. The summed E-state index contributed by atoms with van der Waals surface area (Å²) >= 11 is 0. The summed E-state index contributed by atoms with van der Waals surface area (Å²) < 4.78 is 10.9. The zero-order valence-electron chi connectivity index (χ0n) is 32.7. The summed E-state index contributed by atoms with van der Waals surface area (Å²) in [7, 11) is 0. The minimum absolute atomic E-state index is 0.697. The van der Waals surface area contributed by atoms with E-state index in [4.69, 9.17) is 14.4 Å². The Morgan fingerprint density at radius 3 is 1.90 bits per heavy atom. The van der Waals surface area contributed by atoms with Gasteiger partial charge in [0.05, 0.1) is 33.3 Å². The van der Waals surface area contributed by atoms with E-state index in [2.05, 4.69) is 178 Å². The fourth-order valence-electron chi connectivity index (χ4n) is 9.39. The van der Waals surface area contributed by atoms with Crippen molar-refractivity contribution in [3.8, 4) is 45.1 Å². The Kier molecular flexibility index (Phi) is 7.21. The van der Waals surface area contributed by atoms with Crippen LogP contribution in [0.15, 0.2) is 205 Å². The largest absolute Gasteiger partial charge is 0.454 e. The fraction of sp³-hybridized carbons (Fsp3) is 0. The standard InChI is InChI=1S/C55H33N5O/c1-2-12-34(13-3-1)53-43-18-4-7-19-46(43)57-55(58-53)37-14-10-15-38(30-37)60-47-20-8-5-16-40(47)42-26-23-36(32-50(42)60)35-24-27-49-44(31-35)41-17-6-9-21-48(41)59(49)39-25-28-51-45(33-39)54-52(61-51)22-11-29-56-54/h1-33H. The molecule has 0 aliphatic carbocycles. The zero-order valence-corrected chi connectivity index (χ0v) is 32.7. The lowest BCUT2D eigenvalue weighted by Crippen LogP contribution is -1.98. The van der Waals surface area contributed by atoms with Gasteiger partial charge in [-0.1, -0.05) is 115 Å². The Bertz CT molecular complexity index is 3890. The van der Waals surface area contributed by atoms with Crippen molar-refractivity contribution in [1.29, 1.82) is 0 Å². The number of fused-ring (bicyclic) bond motifs is 10. The topological polar surface area (TPSA) is 61.7 Å². The highest BCUT2D eigenvalue weighted by atomic mass is 16.3. The Morgan fingerprint density at radius 1 is 0.361 bits per heavy atom. The lowest BCUT2D eigenvalue weighted by atomic mass is 10.0. The molecule has 6 heteroatoms. The van der Waals surface area contributed by atoms with E-state index in [9.17, 15) is 0 Å². The van der Waals surface area contributed by atoms with Crippen LogP contribution >= 0.6 is 0 Å². The molecule has 0 radical (unpaired) electrons. The summed E-state index contributed by atoms with van der Waals surface area (Å²) in [5.41, 5.74) is 15.4. The molecule has 0 unspecified atom stereocenters. The predicted octanol–water partition coefficient (Wildman–Crippen LogP) is 14.1. The molecule has 0 spiro atoms. The van der Waals surface area contributed by atoms with E-state index >= 15 is 0 Å². The van der Waals surface area contributed by atoms with Gasteiger partial charge in [-0.05, 0) is 90.0 Å². The molecular weight excluding hydrogens is 747 g/mol. The number of nitrogens with zero attached hydrogens (tertiary/aromatic N) is 5. The number of aromatic nitrogens is 5. The normalized spacial score (nSPS) is 11.9. The highest BCUT2D eigenvalue weighted by molar-refractivity contribution is 6.13. The molecule has 5 heterocycles. The molecule has 13 aromatic rings. The molecule has 6 nitrogen and oxygen atoms in total. The summed E-state index contributed by atoms with van der Waals surface area (Å²) in [5.74, 6) is 0.697. The first-order chi connectivity index (χ1) is 30.2. The molecule has 5 aromatic heterocycles. The number of pyridine rings is 1. The van der Waals surface area contributed by atoms with E-state index in [0.717, 1.165) is 94.4 Å². The van der Waals surface area contributed by atoms with Gasteiger partial charge in [-0.15, -0.1) is 0 Å². The molecule has 0 fully saturated rings. The van der Waals surface area contributed by atoms with Crippen molar-refractivity contribution in [2.75, 3.05) is 0 Å². The van der Waals surface area contributed by atoms with Crippen LogP contribution in [0, 0.1) is 0 Å². The molecule has 0 bridgehead atoms. The minimum Gasteiger partial charge on any atom is -0.454 e. The third kappa shape index (κ3) is 5.19. The Labute approximate surface area is 349 Å². The summed E-state index contributed by atoms with van der Waals surface area (Å²) in [4.78, 5) is 15.0. The number of hydrogen-bond donors (Lipinski definition) is 0. The van der Waals surface area contributed by atoms with Crippen molar-refractivity contribution < 1.29 is 4.42 Å². The lowest BCUT2D eigenvalue weighted by molar-refractivity contribution is 0.668. The SMILES string of the molecule is c1ccc(-c2nc(-c3cccc(-n4c5ccccc5c5ccc(-c6ccc7c(c6)c6ccccc6n7-c6ccc7oc8cccnc8c7c6)cc54)c3)nc3ccccc23)cc1. The Morgan fingerprint density at radius 2 is 1.03 bits per heavy atom. The number of hydrogen-bond acceptors (Lipinski definition) is 4. The van der Waals surface area contributed by atoms with Crippen molar-refractivity contribution >= 4 is 76.6 Å². The Balaban J connectivity index is 0.964. The Hall–Kier alpha value is -8.35. The number of rotatable bonds is 5. The van der Waals surface area contributed by atoms with Crippen LogP contribution in [0.25, 0.3) is 122 Å². The third-order valence-electron chi connectivity index (χ3n) is 12.2. The first kappa shape index (κ1) is 33.6. The molecule has 0 saturated carbocycles. The van der Waals surface area contributed by atoms with Crippen LogP contribution in [-0.4, -0.2) is 24.1 Å². The summed E-state index contributed by atoms with van der Waals surface area (Å²) in [6, 6.07) is 68.6. The maximum Gasteiger partial charge on any atom is 0.160 e. The molecule has 0 aliphatic rings. The summed E-state index contributed by atoms with van der Waals surface area (Å²) in [6.45, 7) is 0. The van der Waals surface area contributed by atoms with Crippen LogP contribution in [0.2, 0.25) is 0 Å². The molecule has 284 valence electrons. The van der Waals surface area contributed by atoms with Gasteiger partial charge < -0.3 is 13.6 Å². The third-order valence-corrected chi connectivity index (χ3v) is 12.2. The fourth-order valence-corrected chi connectivity index (χ4v) is 9.39. The smallest absolute Gasteiger partial charge is 0.160 e. The molecular formula is C55H33N5O. The van der Waals surface area contributed by atoms with E-state index in [1.54, 1.807) is 0 Å². The first-order valence-electron chi connectivity index (χ1n) is 20.5. The highest BCUT2D eigenvalue weighted by Gasteiger charge is 2.19. The maximum atomic E-state index is 6.13. The van der Waals surface area contributed by atoms with Crippen LogP contribution in [0.3, 0.4) is 0 Å². The van der Waals surface area contributed by atoms with Gasteiger partial charge in [0.1, 0.15) is 11.1 Å². The average Bonchev–Trinajstić information content (AvgIpc) is 3.98. The summed E-state index contributed by atoms with van der Waals surface area (Å²) in [5, 5.41) is 6.85. The second-order valence-corrected chi connectivity index (χ2v) is 15.6. The van der Waals surface area contributed by atoms with E-state index in [1.807, 2.05) is 36.5 Å². The quantitative estimate of drug-likeness (QED) is 0.175.